The number of anilines is 2. The minimum absolute atomic E-state index is 0.0428. The first-order valence-electron chi connectivity index (χ1n) is 13.4. The summed E-state index contributed by atoms with van der Waals surface area (Å²) < 4.78 is 86.7. The van der Waals surface area contributed by atoms with E-state index in [1.54, 1.807) is 0 Å². The molecule has 43 heavy (non-hydrogen) atoms. The second kappa shape index (κ2) is 15.2. The van der Waals surface area contributed by atoms with E-state index in [0.717, 1.165) is 49.6 Å². The molecule has 4 rings (SSSR count). The maximum atomic E-state index is 14.0. The number of thiazole rings is 1. The molecule has 240 valence electrons. The summed E-state index contributed by atoms with van der Waals surface area (Å²) in [5, 5.41) is 13.9. The third-order valence-corrected chi connectivity index (χ3v) is 9.68. The summed E-state index contributed by atoms with van der Waals surface area (Å²) in [6, 6.07) is 3.15. The molecule has 1 aromatic carbocycles. The number of hydrogen-bond acceptors (Lipinski definition) is 10. The van der Waals surface area contributed by atoms with Gasteiger partial charge in [0.05, 0.1) is 11.3 Å². The molecule has 0 spiro atoms. The number of sulfonamides is 1. The van der Waals surface area contributed by atoms with Gasteiger partial charge in [-0.3, -0.25) is 4.79 Å². The van der Waals surface area contributed by atoms with Gasteiger partial charge in [-0.05, 0) is 50.9 Å². The predicted molar refractivity (Wildman–Crippen MR) is 151 cm³/mol. The molecule has 0 saturated carbocycles. The van der Waals surface area contributed by atoms with Crippen molar-refractivity contribution >= 4 is 44.1 Å². The van der Waals surface area contributed by atoms with Crippen LogP contribution >= 0.6 is 11.3 Å². The molecule has 0 aliphatic carbocycles. The average molecular weight is 657 g/mol. The van der Waals surface area contributed by atoms with Crippen LogP contribution in [0.3, 0.4) is 0 Å². The van der Waals surface area contributed by atoms with Crippen LogP contribution < -0.4 is 16.4 Å². The number of nitrogens with two attached hydrogens (primary N) is 1. The van der Waals surface area contributed by atoms with Crippen molar-refractivity contribution < 1.29 is 45.1 Å². The van der Waals surface area contributed by atoms with E-state index in [0.29, 0.717) is 37.6 Å². The SMILES string of the molecule is Nc1nc(NC2CCN(S(=O)(=O)CCNCCN3CCCC3)CC2)sc1C(=O)c1c(F)cccc1F.O=C(O)C(F)(F)F. The van der Waals surface area contributed by atoms with E-state index in [9.17, 15) is 35.2 Å². The molecule has 0 amide bonds. The van der Waals surface area contributed by atoms with Gasteiger partial charge in [0.15, 0.2) is 5.13 Å². The van der Waals surface area contributed by atoms with Crippen molar-refractivity contribution in [3.05, 3.63) is 40.3 Å². The predicted octanol–water partition coefficient (Wildman–Crippen LogP) is 2.76. The Labute approximate surface area is 249 Å². The summed E-state index contributed by atoms with van der Waals surface area (Å²) in [5.74, 6) is -5.58. The number of nitrogens with zero attached hydrogens (tertiary/aromatic N) is 3. The van der Waals surface area contributed by atoms with Gasteiger partial charge in [-0.15, -0.1) is 0 Å². The Bertz CT molecular complexity index is 1340. The Morgan fingerprint density at radius 1 is 1.07 bits per heavy atom. The smallest absolute Gasteiger partial charge is 0.475 e. The lowest BCUT2D eigenvalue weighted by Crippen LogP contribution is -2.44. The molecule has 1 aromatic heterocycles. The second-order valence-corrected chi connectivity index (χ2v) is 13.0. The molecule has 2 saturated heterocycles. The van der Waals surface area contributed by atoms with Crippen molar-refractivity contribution in [1.82, 2.24) is 19.5 Å². The number of carbonyl (C=O) groups is 2. The highest BCUT2D eigenvalue weighted by atomic mass is 32.2. The van der Waals surface area contributed by atoms with Crippen LogP contribution in [0.5, 0.6) is 0 Å². The van der Waals surface area contributed by atoms with Crippen LogP contribution in [0.1, 0.15) is 40.9 Å². The monoisotopic (exact) mass is 656 g/mol. The highest BCUT2D eigenvalue weighted by molar-refractivity contribution is 7.89. The van der Waals surface area contributed by atoms with Gasteiger partial charge >= 0.3 is 12.1 Å². The largest absolute Gasteiger partial charge is 0.490 e. The number of likely N-dealkylation sites (tertiary alicyclic amines) is 1. The number of rotatable bonds is 11. The van der Waals surface area contributed by atoms with Crippen molar-refractivity contribution in [2.45, 2.75) is 37.9 Å². The van der Waals surface area contributed by atoms with Crippen LogP contribution in [0.25, 0.3) is 0 Å². The summed E-state index contributed by atoms with van der Waals surface area (Å²) in [4.78, 5) is 28.0. The summed E-state index contributed by atoms with van der Waals surface area (Å²) >= 11 is 0.931. The molecule has 3 heterocycles. The zero-order chi connectivity index (χ0) is 31.8. The Balaban J connectivity index is 0.000000646. The number of halogens is 5. The molecule has 0 unspecified atom stereocenters. The fraction of sp³-hybridized carbons (Fsp3) is 0.560. The molecule has 2 aliphatic heterocycles. The van der Waals surface area contributed by atoms with Crippen molar-refractivity contribution in [1.29, 1.82) is 0 Å². The van der Waals surface area contributed by atoms with Crippen molar-refractivity contribution in [2.75, 3.05) is 62.6 Å². The second-order valence-electron chi connectivity index (χ2n) is 9.89. The van der Waals surface area contributed by atoms with Crippen LogP contribution in [0.15, 0.2) is 18.2 Å². The third kappa shape index (κ3) is 10.1. The van der Waals surface area contributed by atoms with Gasteiger partial charge in [-0.2, -0.15) is 13.2 Å². The van der Waals surface area contributed by atoms with Crippen molar-refractivity contribution in [3.8, 4) is 0 Å². The Morgan fingerprint density at radius 3 is 2.21 bits per heavy atom. The van der Waals surface area contributed by atoms with Crippen molar-refractivity contribution in [2.24, 2.45) is 0 Å². The van der Waals surface area contributed by atoms with Crippen LogP contribution in [-0.4, -0.2) is 103 Å². The summed E-state index contributed by atoms with van der Waals surface area (Å²) in [7, 11) is -3.35. The van der Waals surface area contributed by atoms with Gasteiger partial charge in [0.2, 0.25) is 15.8 Å². The molecule has 5 N–H and O–H groups in total. The van der Waals surface area contributed by atoms with Crippen LogP contribution in [0, 0.1) is 11.6 Å². The minimum Gasteiger partial charge on any atom is -0.475 e. The van der Waals surface area contributed by atoms with Crippen molar-refractivity contribution in [3.63, 3.8) is 0 Å². The molecule has 11 nitrogen and oxygen atoms in total. The van der Waals surface area contributed by atoms with E-state index in [4.69, 9.17) is 15.6 Å². The Kier molecular flexibility index (Phi) is 12.2. The first-order valence-corrected chi connectivity index (χ1v) is 15.8. The number of carboxylic acid groups (broad SMARTS) is 1. The lowest BCUT2D eigenvalue weighted by Gasteiger charge is -2.31. The molecule has 0 radical (unpaired) electrons. The third-order valence-electron chi connectivity index (χ3n) is 6.81. The first kappa shape index (κ1) is 34.6. The lowest BCUT2D eigenvalue weighted by atomic mass is 10.1. The van der Waals surface area contributed by atoms with Gasteiger partial charge in [0.25, 0.3) is 0 Å². The number of piperidine rings is 1. The topological polar surface area (TPSA) is 158 Å². The molecule has 2 fully saturated rings. The number of nitrogen functional groups attached to an aromatic ring is 1. The van der Waals surface area contributed by atoms with Crippen LogP contribution in [-0.2, 0) is 14.8 Å². The van der Waals surface area contributed by atoms with Gasteiger partial charge in [-0.25, -0.2) is 31.3 Å². The number of aromatic nitrogens is 1. The van der Waals surface area contributed by atoms with Crippen LogP contribution in [0.4, 0.5) is 32.9 Å². The van der Waals surface area contributed by atoms with Gasteiger partial charge in [-0.1, -0.05) is 17.4 Å². The molecular formula is C25H33F5N6O5S2. The number of hydrogen-bond donors (Lipinski definition) is 4. The van der Waals surface area contributed by atoms with E-state index in [2.05, 4.69) is 20.5 Å². The average Bonchev–Trinajstić information content (AvgIpc) is 3.58. The molecular weight excluding hydrogens is 623 g/mol. The highest BCUT2D eigenvalue weighted by Crippen LogP contribution is 2.30. The number of aliphatic carboxylic acids is 1. The fourth-order valence-corrected chi connectivity index (χ4v) is 6.87. The molecule has 0 atom stereocenters. The minimum atomic E-state index is -5.08. The van der Waals surface area contributed by atoms with Gasteiger partial charge < -0.3 is 26.4 Å². The number of nitrogens with one attached hydrogen (secondary N) is 2. The standard InChI is InChI=1S/C23H32F2N6O3S2.C2HF3O2/c24-17-4-3-5-18(25)19(17)20(32)21-22(26)29-23(35-21)28-16-6-12-31(13-7-16)36(33,34)15-9-27-8-14-30-10-1-2-11-30;3-2(4,5)1(6)7/h3-5,16,27H,1-2,6-15,26H2,(H,28,29);(H,6,7). The van der Waals surface area contributed by atoms with E-state index < -0.39 is 45.2 Å². The molecule has 0 bridgehead atoms. The Morgan fingerprint density at radius 2 is 1.65 bits per heavy atom. The van der Waals surface area contributed by atoms with Crippen LogP contribution in [0.2, 0.25) is 0 Å². The highest BCUT2D eigenvalue weighted by Gasteiger charge is 2.38. The van der Waals surface area contributed by atoms with E-state index in [1.807, 2.05) is 0 Å². The quantitative estimate of drug-likeness (QED) is 0.161. The van der Waals surface area contributed by atoms with Gasteiger partial charge in [0, 0.05) is 38.8 Å². The maximum Gasteiger partial charge on any atom is 0.490 e. The Hall–Kier alpha value is -2.93. The number of alkyl halides is 3. The number of benzene rings is 1. The van der Waals surface area contributed by atoms with Gasteiger partial charge in [0.1, 0.15) is 22.3 Å². The fourth-order valence-electron chi connectivity index (χ4n) is 4.54. The zero-order valence-electron chi connectivity index (χ0n) is 23.0. The summed E-state index contributed by atoms with van der Waals surface area (Å²) in [6.07, 6.45) is -1.48. The molecule has 2 aliphatic rings. The lowest BCUT2D eigenvalue weighted by molar-refractivity contribution is -0.192. The number of carbonyl (C=O) groups excluding carboxylic acids is 1. The summed E-state index contributed by atoms with van der Waals surface area (Å²) in [6.45, 7) is 5.15. The summed E-state index contributed by atoms with van der Waals surface area (Å²) in [5.41, 5.74) is 5.20. The number of carboxylic acids is 1. The molecule has 2 aromatic rings. The zero-order valence-corrected chi connectivity index (χ0v) is 24.6. The first-order chi connectivity index (χ1) is 20.2. The van der Waals surface area contributed by atoms with E-state index in [1.165, 1.54) is 23.2 Å². The molecule has 18 heteroatoms. The van der Waals surface area contributed by atoms with E-state index in [-0.39, 0.29) is 22.5 Å². The maximum absolute atomic E-state index is 14.0. The normalized spacial score (nSPS) is 17.0. The van der Waals surface area contributed by atoms with E-state index >= 15 is 0 Å². The number of ketones is 1.